The van der Waals surface area contributed by atoms with Crippen LogP contribution in [0.2, 0.25) is 0 Å². The van der Waals surface area contributed by atoms with Crippen molar-refractivity contribution in [2.45, 2.75) is 50.5 Å². The lowest BCUT2D eigenvalue weighted by atomic mass is 9.94. The molecule has 0 bridgehead atoms. The van der Waals surface area contributed by atoms with Crippen LogP contribution in [0.15, 0.2) is 48.5 Å². The number of hydrogen-bond donors (Lipinski definition) is 2. The van der Waals surface area contributed by atoms with Crippen molar-refractivity contribution in [1.82, 2.24) is 10.2 Å². The van der Waals surface area contributed by atoms with Gasteiger partial charge in [-0.05, 0) is 53.9 Å². The number of carboxylic acid groups (broad SMARTS) is 1. The second kappa shape index (κ2) is 10.1. The maximum Gasteiger partial charge on any atom is 0.407 e. The zero-order valence-corrected chi connectivity index (χ0v) is 19.8. The Balaban J connectivity index is 1.16. The SMILES string of the molecule is O=C(O)C[C@H]1CCCN1C(=O)[C@@H]1CCC[C@@H]1CNC(=O)OCC1c2ccccc2-c2ccccc21. The molecule has 2 aliphatic carbocycles. The molecule has 3 aliphatic rings. The molecule has 2 fully saturated rings. The topological polar surface area (TPSA) is 95.9 Å². The van der Waals surface area contributed by atoms with E-state index < -0.39 is 12.1 Å². The minimum Gasteiger partial charge on any atom is -0.481 e. The number of nitrogens with one attached hydrogen (secondary N) is 1. The first-order valence-corrected chi connectivity index (χ1v) is 12.6. The number of benzene rings is 2. The van der Waals surface area contributed by atoms with Gasteiger partial charge in [-0.3, -0.25) is 9.59 Å². The van der Waals surface area contributed by atoms with Gasteiger partial charge in [0.15, 0.2) is 0 Å². The van der Waals surface area contributed by atoms with Crippen molar-refractivity contribution in [2.24, 2.45) is 11.8 Å². The molecule has 7 heteroatoms. The number of amides is 2. The second-order valence-electron chi connectivity index (χ2n) is 9.93. The Bertz CT molecular complexity index is 1070. The Morgan fingerprint density at radius 1 is 0.943 bits per heavy atom. The zero-order chi connectivity index (χ0) is 24.4. The third kappa shape index (κ3) is 4.77. The molecule has 0 radical (unpaired) electrons. The summed E-state index contributed by atoms with van der Waals surface area (Å²) in [5.74, 6) is -0.928. The number of fused-ring (bicyclic) bond motifs is 3. The Labute approximate surface area is 205 Å². The molecule has 184 valence electrons. The smallest absolute Gasteiger partial charge is 0.407 e. The van der Waals surface area contributed by atoms with Gasteiger partial charge >= 0.3 is 12.1 Å². The summed E-state index contributed by atoms with van der Waals surface area (Å²) in [6.45, 7) is 1.28. The lowest BCUT2D eigenvalue weighted by molar-refractivity contribution is -0.141. The van der Waals surface area contributed by atoms with Crippen LogP contribution >= 0.6 is 0 Å². The number of aliphatic carboxylic acids is 1. The van der Waals surface area contributed by atoms with Crippen LogP contribution in [0.5, 0.6) is 0 Å². The highest BCUT2D eigenvalue weighted by molar-refractivity contribution is 5.81. The lowest BCUT2D eigenvalue weighted by Crippen LogP contribution is -2.43. The fourth-order valence-electron chi connectivity index (χ4n) is 6.22. The van der Waals surface area contributed by atoms with Crippen LogP contribution in [-0.2, 0) is 14.3 Å². The molecule has 3 atom stereocenters. The van der Waals surface area contributed by atoms with Crippen LogP contribution in [0.4, 0.5) is 4.79 Å². The standard InChI is InChI=1S/C28H32N2O5/c31-26(32)15-19-8-6-14-30(19)27(33)20-13-5-7-18(20)16-29-28(34)35-17-25-23-11-3-1-9-21(23)22-10-2-4-12-24(22)25/h1-4,9-12,18-20,25H,5-8,13-17H2,(H,29,34)(H,31,32)/t18-,19-,20-/m1/s1. The third-order valence-electron chi connectivity index (χ3n) is 7.90. The van der Waals surface area contributed by atoms with E-state index in [9.17, 15) is 19.5 Å². The van der Waals surface area contributed by atoms with Gasteiger partial charge in [0.05, 0.1) is 6.42 Å². The van der Waals surface area contributed by atoms with Gasteiger partial charge in [-0.15, -0.1) is 0 Å². The monoisotopic (exact) mass is 476 g/mol. The van der Waals surface area contributed by atoms with Crippen LogP contribution in [0.1, 0.15) is 55.6 Å². The Kier molecular flexibility index (Phi) is 6.75. The molecule has 7 nitrogen and oxygen atoms in total. The average Bonchev–Trinajstić information content (AvgIpc) is 3.58. The largest absolute Gasteiger partial charge is 0.481 e. The molecular weight excluding hydrogens is 444 g/mol. The van der Waals surface area contributed by atoms with E-state index in [0.29, 0.717) is 13.1 Å². The molecule has 1 saturated heterocycles. The number of likely N-dealkylation sites (tertiary alicyclic amines) is 1. The van der Waals surface area contributed by atoms with Crippen molar-refractivity contribution in [1.29, 1.82) is 0 Å². The highest BCUT2D eigenvalue weighted by atomic mass is 16.5. The van der Waals surface area contributed by atoms with Crippen molar-refractivity contribution >= 4 is 18.0 Å². The maximum absolute atomic E-state index is 13.2. The van der Waals surface area contributed by atoms with Crippen molar-refractivity contribution in [3.63, 3.8) is 0 Å². The first-order valence-electron chi connectivity index (χ1n) is 12.6. The molecule has 0 spiro atoms. The van der Waals surface area contributed by atoms with E-state index in [0.717, 1.165) is 32.1 Å². The van der Waals surface area contributed by atoms with Crippen molar-refractivity contribution in [3.05, 3.63) is 59.7 Å². The quantitative estimate of drug-likeness (QED) is 0.617. The number of nitrogens with zero attached hydrogens (tertiary/aromatic N) is 1. The first-order chi connectivity index (χ1) is 17.0. The number of ether oxygens (including phenoxy) is 1. The maximum atomic E-state index is 13.2. The molecule has 2 aromatic carbocycles. The van der Waals surface area contributed by atoms with E-state index in [4.69, 9.17) is 4.74 Å². The van der Waals surface area contributed by atoms with Gasteiger partial charge in [0.1, 0.15) is 6.61 Å². The van der Waals surface area contributed by atoms with Crippen LogP contribution < -0.4 is 5.32 Å². The van der Waals surface area contributed by atoms with E-state index >= 15 is 0 Å². The van der Waals surface area contributed by atoms with Gasteiger partial charge in [0.25, 0.3) is 0 Å². The molecule has 1 heterocycles. The Morgan fingerprint density at radius 2 is 1.63 bits per heavy atom. The molecular formula is C28H32N2O5. The van der Waals surface area contributed by atoms with Gasteiger partial charge < -0.3 is 20.1 Å². The van der Waals surface area contributed by atoms with E-state index in [-0.39, 0.29) is 42.7 Å². The normalized spacial score (nSPS) is 23.1. The number of alkyl carbamates (subject to hydrolysis) is 1. The zero-order valence-electron chi connectivity index (χ0n) is 19.8. The molecule has 0 unspecified atom stereocenters. The number of carbonyl (C=O) groups excluding carboxylic acids is 2. The average molecular weight is 477 g/mol. The summed E-state index contributed by atoms with van der Waals surface area (Å²) in [6.07, 6.45) is 3.72. The van der Waals surface area contributed by atoms with Gasteiger partial charge in [0.2, 0.25) is 5.91 Å². The molecule has 0 aromatic heterocycles. The van der Waals surface area contributed by atoms with Crippen molar-refractivity contribution in [2.75, 3.05) is 19.7 Å². The second-order valence-corrected chi connectivity index (χ2v) is 9.93. The molecule has 35 heavy (non-hydrogen) atoms. The van der Waals surface area contributed by atoms with Gasteiger partial charge in [-0.25, -0.2) is 4.79 Å². The van der Waals surface area contributed by atoms with E-state index in [2.05, 4.69) is 29.6 Å². The van der Waals surface area contributed by atoms with Gasteiger partial charge in [0, 0.05) is 31.0 Å². The summed E-state index contributed by atoms with van der Waals surface area (Å²) in [4.78, 5) is 38.8. The third-order valence-corrected chi connectivity index (χ3v) is 7.90. The van der Waals surface area contributed by atoms with Gasteiger partial charge in [-0.1, -0.05) is 55.0 Å². The van der Waals surface area contributed by atoms with Crippen LogP contribution in [0.3, 0.4) is 0 Å². The predicted molar refractivity (Wildman–Crippen MR) is 131 cm³/mol. The number of hydrogen-bond acceptors (Lipinski definition) is 4. The summed E-state index contributed by atoms with van der Waals surface area (Å²) in [5, 5.41) is 12.1. The highest BCUT2D eigenvalue weighted by Crippen LogP contribution is 2.44. The minimum atomic E-state index is -0.866. The predicted octanol–water partition coefficient (Wildman–Crippen LogP) is 4.41. The molecule has 5 rings (SSSR count). The van der Waals surface area contributed by atoms with E-state index in [1.165, 1.54) is 22.3 Å². The van der Waals surface area contributed by atoms with Crippen molar-refractivity contribution < 1.29 is 24.2 Å². The molecule has 2 aromatic rings. The number of carboxylic acids is 1. The highest BCUT2D eigenvalue weighted by Gasteiger charge is 2.40. The number of rotatable bonds is 7. The van der Waals surface area contributed by atoms with Gasteiger partial charge in [-0.2, -0.15) is 0 Å². The van der Waals surface area contributed by atoms with Crippen LogP contribution in [0, 0.1) is 11.8 Å². The summed E-state index contributed by atoms with van der Waals surface area (Å²) in [7, 11) is 0. The Hall–Kier alpha value is -3.35. The fourth-order valence-corrected chi connectivity index (χ4v) is 6.22. The van der Waals surface area contributed by atoms with Crippen LogP contribution in [0.25, 0.3) is 11.1 Å². The summed E-state index contributed by atoms with van der Waals surface area (Å²) >= 11 is 0. The molecule has 1 aliphatic heterocycles. The number of carbonyl (C=O) groups is 3. The van der Waals surface area contributed by atoms with Crippen molar-refractivity contribution in [3.8, 4) is 11.1 Å². The summed E-state index contributed by atoms with van der Waals surface area (Å²) in [5.41, 5.74) is 4.72. The lowest BCUT2D eigenvalue weighted by Gasteiger charge is -2.29. The molecule has 2 amide bonds. The molecule has 2 N–H and O–H groups in total. The van der Waals surface area contributed by atoms with Crippen LogP contribution in [-0.4, -0.2) is 53.7 Å². The fraction of sp³-hybridized carbons (Fsp3) is 0.464. The summed E-state index contributed by atoms with van der Waals surface area (Å²) in [6, 6.07) is 16.2. The minimum absolute atomic E-state index is 0.00112. The first kappa shape index (κ1) is 23.4. The summed E-state index contributed by atoms with van der Waals surface area (Å²) < 4.78 is 5.65. The molecule has 1 saturated carbocycles. The van der Waals surface area contributed by atoms with E-state index in [1.807, 2.05) is 24.3 Å². The van der Waals surface area contributed by atoms with E-state index in [1.54, 1.807) is 4.90 Å². The Morgan fingerprint density at radius 3 is 2.31 bits per heavy atom.